The first kappa shape index (κ1) is 23.1. The first-order chi connectivity index (χ1) is 11.9. The zero-order valence-electron chi connectivity index (χ0n) is 15.3. The zero-order chi connectivity index (χ0) is 18.3. The number of hydrogen-bond acceptors (Lipinski definition) is 4. The maximum atomic E-state index is 11.6. The van der Waals surface area contributed by atoms with Crippen molar-refractivity contribution in [3.63, 3.8) is 0 Å². The lowest BCUT2D eigenvalue weighted by Gasteiger charge is -2.19. The number of aliphatic imine (C=N–C) groups is 1. The molecule has 148 valence electrons. The summed E-state index contributed by atoms with van der Waals surface area (Å²) >= 11 is 0. The van der Waals surface area contributed by atoms with Gasteiger partial charge >= 0.3 is 0 Å². The van der Waals surface area contributed by atoms with Crippen LogP contribution in [0.25, 0.3) is 0 Å². The molecule has 1 aromatic rings. The van der Waals surface area contributed by atoms with Crippen LogP contribution in [0.4, 0.5) is 0 Å². The van der Waals surface area contributed by atoms with Crippen LogP contribution in [0, 0.1) is 5.92 Å². The van der Waals surface area contributed by atoms with Crippen LogP contribution in [-0.2, 0) is 10.0 Å². The number of aliphatic hydroxyl groups excluding tert-OH is 1. The molecule has 1 aliphatic rings. The number of nitrogens with one attached hydrogen (secondary N) is 2. The second kappa shape index (κ2) is 11.1. The van der Waals surface area contributed by atoms with Gasteiger partial charge < -0.3 is 15.7 Å². The van der Waals surface area contributed by atoms with Gasteiger partial charge in [0.25, 0.3) is 0 Å². The SMILES string of the molecule is CN=C(NCC1CCN(S(C)(=O)=O)C1)NCC(CO)c1ccccc1.I. The third kappa shape index (κ3) is 7.01. The summed E-state index contributed by atoms with van der Waals surface area (Å²) in [6.07, 6.45) is 2.10. The molecule has 0 aliphatic carbocycles. The summed E-state index contributed by atoms with van der Waals surface area (Å²) in [5.74, 6) is 0.926. The van der Waals surface area contributed by atoms with Crippen LogP contribution in [0.1, 0.15) is 17.9 Å². The van der Waals surface area contributed by atoms with Gasteiger partial charge in [0.1, 0.15) is 0 Å². The van der Waals surface area contributed by atoms with Crippen molar-refractivity contribution < 1.29 is 13.5 Å². The van der Waals surface area contributed by atoms with Crippen LogP contribution in [0.5, 0.6) is 0 Å². The highest BCUT2D eigenvalue weighted by Crippen LogP contribution is 2.18. The van der Waals surface area contributed by atoms with Gasteiger partial charge in [-0.3, -0.25) is 4.99 Å². The molecule has 2 unspecified atom stereocenters. The lowest BCUT2D eigenvalue weighted by molar-refractivity contribution is 0.265. The van der Waals surface area contributed by atoms with E-state index in [9.17, 15) is 13.5 Å². The molecule has 26 heavy (non-hydrogen) atoms. The average molecular weight is 496 g/mol. The molecule has 0 radical (unpaired) electrons. The second-order valence-electron chi connectivity index (χ2n) is 6.40. The van der Waals surface area contributed by atoms with Crippen molar-refractivity contribution in [3.8, 4) is 0 Å². The molecule has 2 atom stereocenters. The minimum Gasteiger partial charge on any atom is -0.396 e. The molecule has 1 fully saturated rings. The maximum absolute atomic E-state index is 11.6. The molecule has 2 rings (SSSR count). The van der Waals surface area contributed by atoms with Crippen LogP contribution in [0.15, 0.2) is 35.3 Å². The number of sulfonamides is 1. The normalized spacial score (nSPS) is 19.7. The van der Waals surface area contributed by atoms with Crippen molar-refractivity contribution in [2.24, 2.45) is 10.9 Å². The molecular formula is C17H29IN4O3S. The number of benzene rings is 1. The van der Waals surface area contributed by atoms with E-state index in [0.717, 1.165) is 12.0 Å². The smallest absolute Gasteiger partial charge is 0.211 e. The number of guanidine groups is 1. The highest BCUT2D eigenvalue weighted by atomic mass is 127. The van der Waals surface area contributed by atoms with Crippen molar-refractivity contribution in [1.82, 2.24) is 14.9 Å². The number of hydrogen-bond donors (Lipinski definition) is 3. The van der Waals surface area contributed by atoms with E-state index in [0.29, 0.717) is 32.1 Å². The molecule has 7 nitrogen and oxygen atoms in total. The fourth-order valence-electron chi connectivity index (χ4n) is 2.96. The minimum atomic E-state index is -3.10. The number of aliphatic hydroxyl groups is 1. The van der Waals surface area contributed by atoms with Gasteiger partial charge in [0.2, 0.25) is 10.0 Å². The number of rotatable bonds is 7. The van der Waals surface area contributed by atoms with Gasteiger partial charge in [-0.25, -0.2) is 12.7 Å². The highest BCUT2D eigenvalue weighted by Gasteiger charge is 2.28. The van der Waals surface area contributed by atoms with E-state index in [1.54, 1.807) is 7.05 Å². The third-order valence-electron chi connectivity index (χ3n) is 4.51. The quantitative estimate of drug-likeness (QED) is 0.296. The summed E-state index contributed by atoms with van der Waals surface area (Å²) in [6.45, 7) is 2.42. The second-order valence-corrected chi connectivity index (χ2v) is 8.38. The number of nitrogens with zero attached hydrogens (tertiary/aromatic N) is 2. The Morgan fingerprint density at radius 2 is 2.04 bits per heavy atom. The van der Waals surface area contributed by atoms with E-state index in [1.165, 1.54) is 10.6 Å². The Morgan fingerprint density at radius 1 is 1.35 bits per heavy atom. The Labute approximate surface area is 173 Å². The van der Waals surface area contributed by atoms with E-state index < -0.39 is 10.0 Å². The Hall–Kier alpha value is -0.910. The summed E-state index contributed by atoms with van der Waals surface area (Å²) in [7, 11) is -1.41. The molecule has 0 spiro atoms. The first-order valence-corrected chi connectivity index (χ1v) is 10.3. The van der Waals surface area contributed by atoms with Gasteiger partial charge in [-0.05, 0) is 17.9 Å². The summed E-state index contributed by atoms with van der Waals surface area (Å²) < 4.78 is 24.6. The third-order valence-corrected chi connectivity index (χ3v) is 5.78. The fourth-order valence-corrected chi connectivity index (χ4v) is 3.88. The molecule has 0 aromatic heterocycles. The van der Waals surface area contributed by atoms with Crippen molar-refractivity contribution in [1.29, 1.82) is 0 Å². The van der Waals surface area contributed by atoms with Gasteiger partial charge in [0, 0.05) is 39.1 Å². The van der Waals surface area contributed by atoms with Gasteiger partial charge in [0.15, 0.2) is 5.96 Å². The lowest BCUT2D eigenvalue weighted by Crippen LogP contribution is -2.42. The predicted molar refractivity (Wildman–Crippen MR) is 116 cm³/mol. The molecule has 1 heterocycles. The number of halogens is 1. The molecule has 3 N–H and O–H groups in total. The Balaban J connectivity index is 0.00000338. The molecule has 9 heteroatoms. The van der Waals surface area contributed by atoms with Gasteiger partial charge in [-0.2, -0.15) is 0 Å². The van der Waals surface area contributed by atoms with Crippen molar-refractivity contribution in [2.45, 2.75) is 12.3 Å². The molecule has 1 saturated heterocycles. The van der Waals surface area contributed by atoms with Crippen molar-refractivity contribution >= 4 is 40.0 Å². The largest absolute Gasteiger partial charge is 0.396 e. The summed E-state index contributed by atoms with van der Waals surface area (Å²) in [6, 6.07) is 9.86. The van der Waals surface area contributed by atoms with Crippen LogP contribution < -0.4 is 10.6 Å². The summed E-state index contributed by atoms with van der Waals surface area (Å²) in [4.78, 5) is 4.20. The van der Waals surface area contributed by atoms with Gasteiger partial charge in [0.05, 0.1) is 12.9 Å². The Bertz CT molecular complexity index is 670. The average Bonchev–Trinajstić information content (AvgIpc) is 3.08. The van der Waals surface area contributed by atoms with E-state index in [1.807, 2.05) is 30.3 Å². The van der Waals surface area contributed by atoms with Crippen molar-refractivity contribution in [2.75, 3.05) is 46.1 Å². The van der Waals surface area contributed by atoms with Crippen LogP contribution in [0.2, 0.25) is 0 Å². The van der Waals surface area contributed by atoms with Crippen LogP contribution in [-0.4, -0.2) is 69.9 Å². The summed E-state index contributed by atoms with van der Waals surface area (Å²) in [5, 5.41) is 16.1. The van der Waals surface area contributed by atoms with Gasteiger partial charge in [-0.1, -0.05) is 30.3 Å². The lowest BCUT2D eigenvalue weighted by atomic mass is 10.0. The minimum absolute atomic E-state index is 0. The van der Waals surface area contributed by atoms with Crippen LogP contribution >= 0.6 is 24.0 Å². The Morgan fingerprint density at radius 3 is 2.58 bits per heavy atom. The highest BCUT2D eigenvalue weighted by molar-refractivity contribution is 14.0. The molecular weight excluding hydrogens is 467 g/mol. The standard InChI is InChI=1S/C17H28N4O3S.HI/c1-18-17(19-10-14-8-9-21(12-14)25(2,23)24)20-11-16(13-22)15-6-4-3-5-7-15;/h3-7,14,16,22H,8-13H2,1-2H3,(H2,18,19,20);1H. The summed E-state index contributed by atoms with van der Waals surface area (Å²) in [5.41, 5.74) is 1.08. The maximum Gasteiger partial charge on any atom is 0.211 e. The van der Waals surface area contributed by atoms with Gasteiger partial charge in [-0.15, -0.1) is 24.0 Å². The van der Waals surface area contributed by atoms with E-state index in [-0.39, 0.29) is 42.4 Å². The van der Waals surface area contributed by atoms with E-state index >= 15 is 0 Å². The Kier molecular flexibility index (Phi) is 9.83. The topological polar surface area (TPSA) is 94.0 Å². The first-order valence-electron chi connectivity index (χ1n) is 8.49. The van der Waals surface area contributed by atoms with E-state index in [2.05, 4.69) is 15.6 Å². The zero-order valence-corrected chi connectivity index (χ0v) is 18.4. The van der Waals surface area contributed by atoms with Crippen LogP contribution in [0.3, 0.4) is 0 Å². The molecule has 1 aromatic carbocycles. The van der Waals surface area contributed by atoms with Crippen molar-refractivity contribution in [3.05, 3.63) is 35.9 Å². The predicted octanol–water partition coefficient (Wildman–Crippen LogP) is 0.827. The van der Waals surface area contributed by atoms with E-state index in [4.69, 9.17) is 0 Å². The molecule has 0 saturated carbocycles. The fraction of sp³-hybridized carbons (Fsp3) is 0.588. The molecule has 1 aliphatic heterocycles. The molecule has 0 amide bonds. The monoisotopic (exact) mass is 496 g/mol. The molecule has 0 bridgehead atoms.